The summed E-state index contributed by atoms with van der Waals surface area (Å²) in [4.78, 5) is 21.6. The first kappa shape index (κ1) is 19.8. The van der Waals surface area contributed by atoms with E-state index in [2.05, 4.69) is 19.1 Å². The monoisotopic (exact) mass is 404 g/mol. The summed E-state index contributed by atoms with van der Waals surface area (Å²) >= 11 is 3.12. The number of halogens is 1. The highest BCUT2D eigenvalue weighted by Gasteiger charge is 2.20. The largest absolute Gasteiger partial charge is 0.338 e. The second kappa shape index (κ2) is 9.30. The molecular weight excluding hydrogens is 381 g/mol. The maximum Gasteiger partial charge on any atom is 0.229 e. The minimum Gasteiger partial charge on any atom is -0.338 e. The average Bonchev–Trinajstić information content (AvgIpc) is 3.07. The molecule has 1 aromatic heterocycles. The third kappa shape index (κ3) is 5.51. The Morgan fingerprint density at radius 2 is 1.93 bits per heavy atom. The van der Waals surface area contributed by atoms with Gasteiger partial charge in [-0.05, 0) is 36.4 Å². The summed E-state index contributed by atoms with van der Waals surface area (Å²) in [5.41, 5.74) is 0.924. The van der Waals surface area contributed by atoms with Gasteiger partial charge in [0.25, 0.3) is 0 Å². The van der Waals surface area contributed by atoms with Crippen LogP contribution in [0.1, 0.15) is 6.42 Å². The Labute approximate surface area is 167 Å². The van der Waals surface area contributed by atoms with Gasteiger partial charge in [0.2, 0.25) is 5.91 Å². The Morgan fingerprint density at radius 1 is 1.19 bits per heavy atom. The number of quaternary nitrogens is 1. The fourth-order valence-corrected chi connectivity index (χ4v) is 4.41. The van der Waals surface area contributed by atoms with Crippen LogP contribution in [-0.4, -0.2) is 43.8 Å². The van der Waals surface area contributed by atoms with Gasteiger partial charge in [-0.15, -0.1) is 11.8 Å². The summed E-state index contributed by atoms with van der Waals surface area (Å²) < 4.78 is 14.1. The maximum absolute atomic E-state index is 13.0. The standard InChI is InChI=1S/C20H22FN3OS2/c1-23(2)12-13-24(20-22-17-5-3-4-6-18(17)27-20)19(25)11-14-26-16-9-7-15(21)8-10-16/h3-10H,11-14H2,1-2H3/p+1. The molecule has 7 heteroatoms. The lowest BCUT2D eigenvalue weighted by Gasteiger charge is -2.20. The summed E-state index contributed by atoms with van der Waals surface area (Å²) in [5.74, 6) is 0.481. The van der Waals surface area contributed by atoms with Crippen molar-refractivity contribution in [3.8, 4) is 0 Å². The van der Waals surface area contributed by atoms with Crippen molar-refractivity contribution in [3.63, 3.8) is 0 Å². The van der Waals surface area contributed by atoms with Crippen LogP contribution in [0.4, 0.5) is 9.52 Å². The molecule has 0 radical (unpaired) electrons. The molecule has 0 aliphatic rings. The van der Waals surface area contributed by atoms with E-state index in [0.717, 1.165) is 26.8 Å². The molecule has 1 N–H and O–H groups in total. The zero-order valence-electron chi connectivity index (χ0n) is 15.4. The lowest BCUT2D eigenvalue weighted by atomic mass is 10.3. The van der Waals surface area contributed by atoms with E-state index in [4.69, 9.17) is 0 Å². The number of carbonyl (C=O) groups is 1. The van der Waals surface area contributed by atoms with Gasteiger partial charge >= 0.3 is 0 Å². The van der Waals surface area contributed by atoms with Crippen molar-refractivity contribution in [1.82, 2.24) is 4.98 Å². The molecule has 4 nitrogen and oxygen atoms in total. The van der Waals surface area contributed by atoms with E-state index in [1.165, 1.54) is 17.0 Å². The Balaban J connectivity index is 1.67. The molecule has 1 heterocycles. The van der Waals surface area contributed by atoms with E-state index >= 15 is 0 Å². The Bertz CT molecular complexity index is 863. The molecule has 27 heavy (non-hydrogen) atoms. The molecule has 0 atom stereocenters. The highest BCUT2D eigenvalue weighted by molar-refractivity contribution is 7.99. The lowest BCUT2D eigenvalue weighted by Crippen LogP contribution is -3.06. The quantitative estimate of drug-likeness (QED) is 0.587. The zero-order chi connectivity index (χ0) is 19.2. The topological polar surface area (TPSA) is 37.6 Å². The van der Waals surface area contributed by atoms with Crippen molar-refractivity contribution >= 4 is 44.4 Å². The molecule has 0 saturated carbocycles. The van der Waals surface area contributed by atoms with Crippen molar-refractivity contribution in [3.05, 3.63) is 54.3 Å². The molecule has 0 saturated heterocycles. The molecule has 1 amide bonds. The van der Waals surface area contributed by atoms with Gasteiger partial charge in [0.1, 0.15) is 5.82 Å². The van der Waals surface area contributed by atoms with Gasteiger partial charge in [0.05, 0.1) is 37.4 Å². The van der Waals surface area contributed by atoms with E-state index in [9.17, 15) is 9.18 Å². The number of hydrogen-bond donors (Lipinski definition) is 1. The molecule has 142 valence electrons. The number of carbonyl (C=O) groups excluding carboxylic acids is 1. The number of anilines is 1. The third-order valence-corrected chi connectivity index (χ3v) is 6.12. The number of fused-ring (bicyclic) bond motifs is 1. The van der Waals surface area contributed by atoms with Crippen LogP contribution in [0.3, 0.4) is 0 Å². The third-order valence-electron chi connectivity index (χ3n) is 4.05. The van der Waals surface area contributed by atoms with Crippen molar-refractivity contribution in [1.29, 1.82) is 0 Å². The normalized spacial score (nSPS) is 11.3. The molecule has 0 unspecified atom stereocenters. The van der Waals surface area contributed by atoms with Gasteiger partial charge in [0, 0.05) is 17.1 Å². The predicted molar refractivity (Wildman–Crippen MR) is 111 cm³/mol. The SMILES string of the molecule is C[NH+](C)CCN(C(=O)CCSc1ccc(F)cc1)c1nc2ccccc2s1. The number of para-hydroxylation sites is 1. The van der Waals surface area contributed by atoms with Crippen molar-refractivity contribution in [2.24, 2.45) is 0 Å². The van der Waals surface area contributed by atoms with Crippen LogP contribution < -0.4 is 9.80 Å². The van der Waals surface area contributed by atoms with Crippen LogP contribution >= 0.6 is 23.1 Å². The van der Waals surface area contributed by atoms with Crippen LogP contribution in [0, 0.1) is 5.82 Å². The number of thioether (sulfide) groups is 1. The fraction of sp³-hybridized carbons (Fsp3) is 0.300. The van der Waals surface area contributed by atoms with Crippen molar-refractivity contribution < 1.29 is 14.1 Å². The second-order valence-electron chi connectivity index (χ2n) is 6.52. The van der Waals surface area contributed by atoms with Gasteiger partial charge in [-0.1, -0.05) is 23.5 Å². The van der Waals surface area contributed by atoms with Crippen LogP contribution in [-0.2, 0) is 4.79 Å². The van der Waals surface area contributed by atoms with Crippen molar-refractivity contribution in [2.75, 3.05) is 37.8 Å². The Kier molecular flexibility index (Phi) is 6.82. The number of thiazole rings is 1. The highest BCUT2D eigenvalue weighted by Crippen LogP contribution is 2.29. The number of likely N-dealkylation sites (N-methyl/N-ethyl adjacent to an activating group) is 1. The van der Waals surface area contributed by atoms with E-state index in [1.54, 1.807) is 35.2 Å². The smallest absolute Gasteiger partial charge is 0.229 e. The van der Waals surface area contributed by atoms with Crippen molar-refractivity contribution in [2.45, 2.75) is 11.3 Å². The van der Waals surface area contributed by atoms with Gasteiger partial charge in [-0.2, -0.15) is 0 Å². The molecule has 0 aliphatic carbocycles. The van der Waals surface area contributed by atoms with Gasteiger partial charge in [-0.3, -0.25) is 9.69 Å². The van der Waals surface area contributed by atoms with E-state index < -0.39 is 0 Å². The van der Waals surface area contributed by atoms with E-state index in [0.29, 0.717) is 18.7 Å². The number of amides is 1. The molecule has 0 fully saturated rings. The van der Waals surface area contributed by atoms with Crippen LogP contribution in [0.2, 0.25) is 0 Å². The number of nitrogens with zero attached hydrogens (tertiary/aromatic N) is 2. The Hall–Kier alpha value is -1.96. The molecule has 0 bridgehead atoms. The van der Waals surface area contributed by atoms with Crippen LogP contribution in [0.25, 0.3) is 10.2 Å². The molecule has 3 rings (SSSR count). The number of benzene rings is 2. The molecule has 0 aliphatic heterocycles. The summed E-state index contributed by atoms with van der Waals surface area (Å²) in [6.45, 7) is 1.50. The van der Waals surface area contributed by atoms with E-state index in [1.807, 2.05) is 29.2 Å². The minimum absolute atomic E-state index is 0.0740. The lowest BCUT2D eigenvalue weighted by molar-refractivity contribution is -0.856. The molecule has 3 aromatic rings. The number of rotatable bonds is 8. The summed E-state index contributed by atoms with van der Waals surface area (Å²) in [6, 6.07) is 14.3. The molecule has 0 spiro atoms. The van der Waals surface area contributed by atoms with Crippen LogP contribution in [0.5, 0.6) is 0 Å². The average molecular weight is 405 g/mol. The highest BCUT2D eigenvalue weighted by atomic mass is 32.2. The van der Waals surface area contributed by atoms with Gasteiger partial charge in [-0.25, -0.2) is 9.37 Å². The Morgan fingerprint density at radius 3 is 2.63 bits per heavy atom. The number of hydrogen-bond acceptors (Lipinski definition) is 4. The summed E-state index contributed by atoms with van der Waals surface area (Å²) in [6.07, 6.45) is 0.417. The maximum atomic E-state index is 13.0. The zero-order valence-corrected chi connectivity index (χ0v) is 17.1. The van der Waals surface area contributed by atoms with Gasteiger partial charge < -0.3 is 4.90 Å². The first-order valence-corrected chi connectivity index (χ1v) is 10.7. The minimum atomic E-state index is -0.247. The second-order valence-corrected chi connectivity index (χ2v) is 8.70. The molecular formula is C20H23FN3OS2+. The summed E-state index contributed by atoms with van der Waals surface area (Å²) in [7, 11) is 4.15. The van der Waals surface area contributed by atoms with E-state index in [-0.39, 0.29) is 11.7 Å². The number of nitrogens with one attached hydrogen (secondary N) is 1. The summed E-state index contributed by atoms with van der Waals surface area (Å²) in [5, 5.41) is 0.759. The number of aromatic nitrogens is 1. The first-order chi connectivity index (χ1) is 13.0. The predicted octanol–water partition coefficient (Wildman–Crippen LogP) is 3.10. The molecule has 2 aromatic carbocycles. The fourth-order valence-electron chi connectivity index (χ4n) is 2.56. The van der Waals surface area contributed by atoms with Crippen LogP contribution in [0.15, 0.2) is 53.4 Å². The first-order valence-electron chi connectivity index (χ1n) is 8.86. The van der Waals surface area contributed by atoms with Gasteiger partial charge in [0.15, 0.2) is 5.13 Å².